The van der Waals surface area contributed by atoms with Gasteiger partial charge in [0.05, 0.1) is 41.7 Å². The summed E-state index contributed by atoms with van der Waals surface area (Å²) in [6.45, 7) is 2.60. The highest BCUT2D eigenvalue weighted by Gasteiger charge is 2.49. The summed E-state index contributed by atoms with van der Waals surface area (Å²) < 4.78 is 33.3. The van der Waals surface area contributed by atoms with E-state index in [9.17, 15) is 14.4 Å². The fourth-order valence-electron chi connectivity index (χ4n) is 6.08. The standard InChI is InChI=1S/C29H32FN5O6/c1-2-39-25(38)15-35-24(37)6-4-21-26(35)19(20(30)14-31-21)7-8-29-11-9-28(10-12-29,17-41-29)32-13-18-3-5-22-27(33-18)34-23(36)16-40-22/h3-6,14,32H,2,7-13,15-17H2,1H3,(H,33,34,36). The van der Waals surface area contributed by atoms with Crippen LogP contribution in [-0.4, -0.2) is 57.4 Å². The number of rotatable bonds is 9. The molecule has 6 heterocycles. The van der Waals surface area contributed by atoms with E-state index in [1.165, 1.54) is 16.8 Å². The highest BCUT2D eigenvalue weighted by Crippen LogP contribution is 2.46. The first-order valence-electron chi connectivity index (χ1n) is 13.9. The summed E-state index contributed by atoms with van der Waals surface area (Å²) in [4.78, 5) is 45.2. The Balaban J connectivity index is 1.14. The molecule has 2 saturated heterocycles. The van der Waals surface area contributed by atoms with Crippen molar-refractivity contribution in [3.63, 3.8) is 0 Å². The number of hydrogen-bond donors (Lipinski definition) is 2. The molecule has 3 fully saturated rings. The molecule has 1 saturated carbocycles. The molecule has 0 unspecified atom stereocenters. The zero-order valence-electron chi connectivity index (χ0n) is 22.8. The fraction of sp³-hybridized carbons (Fsp3) is 0.483. The number of anilines is 1. The van der Waals surface area contributed by atoms with Crippen LogP contribution in [0.5, 0.6) is 5.75 Å². The molecular weight excluding hydrogens is 533 g/mol. The molecule has 12 heteroatoms. The maximum absolute atomic E-state index is 15.2. The number of ether oxygens (including phenoxy) is 3. The van der Waals surface area contributed by atoms with Gasteiger partial charge < -0.3 is 24.8 Å². The van der Waals surface area contributed by atoms with Gasteiger partial charge in [-0.3, -0.25) is 23.9 Å². The molecule has 7 rings (SSSR count). The Hall–Kier alpha value is -3.90. The van der Waals surface area contributed by atoms with Crippen molar-refractivity contribution in [2.75, 3.05) is 25.1 Å². The number of aromatic nitrogens is 3. The first kappa shape index (κ1) is 27.3. The summed E-state index contributed by atoms with van der Waals surface area (Å²) in [5.41, 5.74) is 0.921. The Morgan fingerprint density at radius 1 is 1.20 bits per heavy atom. The monoisotopic (exact) mass is 565 g/mol. The quantitative estimate of drug-likeness (QED) is 0.376. The van der Waals surface area contributed by atoms with Gasteiger partial charge in [-0.1, -0.05) is 0 Å². The molecule has 41 heavy (non-hydrogen) atoms. The van der Waals surface area contributed by atoms with E-state index >= 15 is 4.39 Å². The lowest BCUT2D eigenvalue weighted by Gasteiger charge is -2.53. The van der Waals surface area contributed by atoms with Gasteiger partial charge in [-0.2, -0.15) is 0 Å². The van der Waals surface area contributed by atoms with E-state index in [2.05, 4.69) is 20.6 Å². The van der Waals surface area contributed by atoms with Crippen LogP contribution in [0.15, 0.2) is 35.3 Å². The number of nitrogens with one attached hydrogen (secondary N) is 2. The number of hydrogen-bond acceptors (Lipinski definition) is 9. The van der Waals surface area contributed by atoms with E-state index in [-0.39, 0.29) is 31.2 Å². The third-order valence-corrected chi connectivity index (χ3v) is 8.43. The van der Waals surface area contributed by atoms with Crippen molar-refractivity contribution >= 4 is 28.7 Å². The van der Waals surface area contributed by atoms with Crippen LogP contribution in [0.2, 0.25) is 0 Å². The summed E-state index contributed by atoms with van der Waals surface area (Å²) in [5.74, 6) is -0.305. The van der Waals surface area contributed by atoms with Crippen molar-refractivity contribution in [3.05, 3.63) is 57.9 Å². The fourth-order valence-corrected chi connectivity index (χ4v) is 6.08. The van der Waals surface area contributed by atoms with Crippen LogP contribution in [0.3, 0.4) is 0 Å². The Morgan fingerprint density at radius 2 is 2.02 bits per heavy atom. The van der Waals surface area contributed by atoms with Crippen molar-refractivity contribution in [2.45, 2.75) is 69.7 Å². The molecule has 0 atom stereocenters. The molecule has 3 aromatic heterocycles. The zero-order valence-corrected chi connectivity index (χ0v) is 22.8. The van der Waals surface area contributed by atoms with Gasteiger partial charge in [-0.25, -0.2) is 9.37 Å². The average Bonchev–Trinajstić information content (AvgIpc) is 2.98. The predicted octanol–water partition coefficient (Wildman–Crippen LogP) is 2.63. The molecule has 4 aliphatic rings. The number of carbonyl (C=O) groups is 2. The van der Waals surface area contributed by atoms with Crippen LogP contribution in [0.25, 0.3) is 11.0 Å². The van der Waals surface area contributed by atoms with Crippen LogP contribution >= 0.6 is 0 Å². The van der Waals surface area contributed by atoms with Crippen LogP contribution in [-0.2, 0) is 38.6 Å². The summed E-state index contributed by atoms with van der Waals surface area (Å²) in [6.07, 6.45) is 5.48. The number of aryl methyl sites for hydroxylation is 1. The summed E-state index contributed by atoms with van der Waals surface area (Å²) in [5, 5.41) is 6.37. The number of amides is 1. The van der Waals surface area contributed by atoms with Gasteiger partial charge in [0, 0.05) is 23.7 Å². The number of nitrogens with zero attached hydrogens (tertiary/aromatic N) is 3. The molecule has 1 amide bonds. The second-order valence-electron chi connectivity index (χ2n) is 11.0. The molecule has 0 aromatic carbocycles. The number of pyridine rings is 3. The molecule has 0 spiro atoms. The van der Waals surface area contributed by atoms with E-state index in [0.717, 1.165) is 31.4 Å². The minimum atomic E-state index is -0.564. The first-order chi connectivity index (χ1) is 19.8. The second kappa shape index (κ2) is 10.8. The van der Waals surface area contributed by atoms with Crippen molar-refractivity contribution in [2.24, 2.45) is 0 Å². The molecule has 11 nitrogen and oxygen atoms in total. The topological polar surface area (TPSA) is 134 Å². The number of esters is 1. The highest BCUT2D eigenvalue weighted by molar-refractivity contribution is 5.94. The molecule has 3 aromatic rings. The summed E-state index contributed by atoms with van der Waals surface area (Å²) in [6, 6.07) is 6.58. The van der Waals surface area contributed by atoms with E-state index < -0.39 is 22.9 Å². The Kier molecular flexibility index (Phi) is 7.20. The van der Waals surface area contributed by atoms with Gasteiger partial charge in [-0.05, 0) is 63.6 Å². The van der Waals surface area contributed by atoms with E-state index in [4.69, 9.17) is 14.2 Å². The van der Waals surface area contributed by atoms with Crippen LogP contribution in [0, 0.1) is 5.82 Å². The molecular formula is C29H32FN5O6. The van der Waals surface area contributed by atoms with E-state index in [1.54, 1.807) is 13.0 Å². The molecule has 1 aliphatic carbocycles. The van der Waals surface area contributed by atoms with E-state index in [1.807, 2.05) is 12.1 Å². The van der Waals surface area contributed by atoms with Crippen molar-refractivity contribution in [1.29, 1.82) is 0 Å². The third kappa shape index (κ3) is 5.41. The maximum atomic E-state index is 15.2. The lowest BCUT2D eigenvalue weighted by molar-refractivity contribution is -0.165. The van der Waals surface area contributed by atoms with Gasteiger partial charge in [0.2, 0.25) is 0 Å². The van der Waals surface area contributed by atoms with Crippen molar-refractivity contribution in [3.8, 4) is 5.75 Å². The maximum Gasteiger partial charge on any atom is 0.326 e. The van der Waals surface area contributed by atoms with Crippen molar-refractivity contribution in [1.82, 2.24) is 19.9 Å². The second-order valence-corrected chi connectivity index (χ2v) is 11.0. The lowest BCUT2D eigenvalue weighted by Crippen LogP contribution is -2.61. The Morgan fingerprint density at radius 3 is 2.78 bits per heavy atom. The molecule has 3 aliphatic heterocycles. The van der Waals surface area contributed by atoms with Crippen LogP contribution in [0.1, 0.15) is 50.3 Å². The van der Waals surface area contributed by atoms with Crippen LogP contribution in [0.4, 0.5) is 10.2 Å². The summed E-state index contributed by atoms with van der Waals surface area (Å²) >= 11 is 0. The number of halogens is 1. The molecule has 216 valence electrons. The van der Waals surface area contributed by atoms with Gasteiger partial charge in [0.15, 0.2) is 18.2 Å². The lowest BCUT2D eigenvalue weighted by atomic mass is 9.69. The first-order valence-corrected chi connectivity index (χ1v) is 13.9. The molecule has 2 N–H and O–H groups in total. The third-order valence-electron chi connectivity index (χ3n) is 8.43. The Bertz CT molecular complexity index is 1550. The van der Waals surface area contributed by atoms with Crippen molar-refractivity contribution < 1.29 is 28.2 Å². The Labute approximate surface area is 235 Å². The summed E-state index contributed by atoms with van der Waals surface area (Å²) in [7, 11) is 0. The van der Waals surface area contributed by atoms with Gasteiger partial charge in [0.25, 0.3) is 11.5 Å². The predicted molar refractivity (Wildman–Crippen MR) is 146 cm³/mol. The average molecular weight is 566 g/mol. The normalized spacial score (nSPS) is 23.1. The van der Waals surface area contributed by atoms with Gasteiger partial charge in [0.1, 0.15) is 12.4 Å². The minimum absolute atomic E-state index is 0.00816. The SMILES string of the molecule is CCOC(=O)Cn1c(=O)ccc2ncc(F)c(CCC34CCC(NCc5ccc6c(n5)NC(=O)CO6)(CC3)CO4)c21. The van der Waals surface area contributed by atoms with Gasteiger partial charge >= 0.3 is 5.97 Å². The number of carbonyl (C=O) groups excluding carboxylic acids is 2. The molecule has 0 radical (unpaired) electrons. The smallest absolute Gasteiger partial charge is 0.326 e. The minimum Gasteiger partial charge on any atom is -0.480 e. The van der Waals surface area contributed by atoms with Crippen LogP contribution < -0.4 is 20.9 Å². The number of fused-ring (bicyclic) bond motifs is 5. The molecule has 2 bridgehead atoms. The van der Waals surface area contributed by atoms with E-state index in [0.29, 0.717) is 54.2 Å². The zero-order chi connectivity index (χ0) is 28.6. The van der Waals surface area contributed by atoms with Gasteiger partial charge in [-0.15, -0.1) is 0 Å². The largest absolute Gasteiger partial charge is 0.480 e. The highest BCUT2D eigenvalue weighted by atomic mass is 19.1.